The minimum atomic E-state index is -0.264. The summed E-state index contributed by atoms with van der Waals surface area (Å²) in [6.45, 7) is 4.20. The first kappa shape index (κ1) is 17.7. The third-order valence-corrected chi connectivity index (χ3v) is 4.97. The molecule has 0 radical (unpaired) electrons. The normalized spacial score (nSPS) is 16.9. The molecule has 0 amide bonds. The Balaban J connectivity index is 2.14. The number of carbonyl (C=O) groups is 1. The Morgan fingerprint density at radius 1 is 1.12 bits per heavy atom. The largest absolute Gasteiger partial charge is 0.463 e. The van der Waals surface area contributed by atoms with E-state index in [4.69, 9.17) is 4.74 Å². The first-order chi connectivity index (χ1) is 12.1. The van der Waals surface area contributed by atoms with Gasteiger partial charge in [0.05, 0.1) is 23.9 Å². The number of esters is 1. The highest BCUT2D eigenvalue weighted by Gasteiger charge is 2.32. The third kappa shape index (κ3) is 3.79. The summed E-state index contributed by atoms with van der Waals surface area (Å²) < 4.78 is 6.47. The van der Waals surface area contributed by atoms with Crippen molar-refractivity contribution < 1.29 is 9.53 Å². The van der Waals surface area contributed by atoms with Crippen LogP contribution in [-0.2, 0) is 9.53 Å². The van der Waals surface area contributed by atoms with Gasteiger partial charge >= 0.3 is 5.97 Å². The fraction of sp³-hybridized carbons (Fsp3) is 0.190. The molecule has 0 bridgehead atoms. The maximum atomic E-state index is 12.6. The van der Waals surface area contributed by atoms with E-state index in [1.165, 1.54) is 0 Å². The Bertz CT molecular complexity index is 827. The van der Waals surface area contributed by atoms with Crippen molar-refractivity contribution in [1.29, 1.82) is 0 Å². The topological polar surface area (TPSA) is 29.5 Å². The monoisotopic (exact) mass is 445 g/mol. The minimum absolute atomic E-state index is 0.208. The van der Waals surface area contributed by atoms with E-state index >= 15 is 0 Å². The number of ether oxygens (including phenoxy) is 1. The second kappa shape index (κ2) is 7.87. The summed E-state index contributed by atoms with van der Waals surface area (Å²) in [5, 5.41) is 0. The molecule has 1 heterocycles. The van der Waals surface area contributed by atoms with Crippen LogP contribution in [0.15, 0.2) is 78.0 Å². The number of rotatable bonds is 4. The van der Waals surface area contributed by atoms with Crippen LogP contribution < -0.4 is 4.90 Å². The molecule has 2 aromatic carbocycles. The number of carbonyl (C=O) groups excluding carboxylic acids is 1. The SMILES string of the molecule is CCOC(=O)C1=CC(C)=CN(c2ccccc2I)C1c1ccccc1. The first-order valence-electron chi connectivity index (χ1n) is 8.26. The molecule has 1 aliphatic heterocycles. The van der Waals surface area contributed by atoms with Crippen molar-refractivity contribution in [3.63, 3.8) is 0 Å². The summed E-state index contributed by atoms with van der Waals surface area (Å²) in [5.41, 5.74) is 3.82. The molecule has 0 spiro atoms. The highest BCUT2D eigenvalue weighted by atomic mass is 127. The third-order valence-electron chi connectivity index (χ3n) is 4.06. The lowest BCUT2D eigenvalue weighted by molar-refractivity contribution is -0.138. The van der Waals surface area contributed by atoms with Crippen LogP contribution in [0.3, 0.4) is 0 Å². The van der Waals surface area contributed by atoms with Crippen LogP contribution in [0, 0.1) is 3.57 Å². The predicted octanol–water partition coefficient (Wildman–Crippen LogP) is 5.25. The van der Waals surface area contributed by atoms with Crippen molar-refractivity contribution in [1.82, 2.24) is 0 Å². The summed E-state index contributed by atoms with van der Waals surface area (Å²) in [7, 11) is 0. The number of nitrogens with zero attached hydrogens (tertiary/aromatic N) is 1. The van der Waals surface area contributed by atoms with Gasteiger partial charge in [-0.2, -0.15) is 0 Å². The van der Waals surface area contributed by atoms with Crippen LogP contribution in [0.4, 0.5) is 5.69 Å². The summed E-state index contributed by atoms with van der Waals surface area (Å²) in [6.07, 6.45) is 4.03. The molecular weight excluding hydrogens is 425 g/mol. The van der Waals surface area contributed by atoms with Crippen molar-refractivity contribution in [2.75, 3.05) is 11.5 Å². The van der Waals surface area contributed by atoms with Gasteiger partial charge in [0.25, 0.3) is 0 Å². The average Bonchev–Trinajstić information content (AvgIpc) is 2.62. The Hall–Kier alpha value is -2.08. The highest BCUT2D eigenvalue weighted by molar-refractivity contribution is 14.1. The van der Waals surface area contributed by atoms with Crippen LogP contribution in [-0.4, -0.2) is 12.6 Å². The van der Waals surface area contributed by atoms with Gasteiger partial charge in [-0.25, -0.2) is 4.79 Å². The number of benzene rings is 2. The van der Waals surface area contributed by atoms with Gasteiger partial charge in [-0.15, -0.1) is 0 Å². The first-order valence-corrected chi connectivity index (χ1v) is 9.34. The van der Waals surface area contributed by atoms with Gasteiger partial charge in [-0.3, -0.25) is 0 Å². The van der Waals surface area contributed by atoms with E-state index in [9.17, 15) is 4.79 Å². The van der Waals surface area contributed by atoms with Crippen LogP contribution in [0.25, 0.3) is 0 Å². The number of hydrogen-bond donors (Lipinski definition) is 0. The van der Waals surface area contributed by atoms with Crippen molar-refractivity contribution >= 4 is 34.2 Å². The van der Waals surface area contributed by atoms with Gasteiger partial charge in [0.15, 0.2) is 0 Å². The minimum Gasteiger partial charge on any atom is -0.463 e. The van der Waals surface area contributed by atoms with Crippen LogP contribution >= 0.6 is 22.6 Å². The zero-order valence-electron chi connectivity index (χ0n) is 14.3. The molecule has 0 fully saturated rings. The Labute approximate surface area is 162 Å². The lowest BCUT2D eigenvalue weighted by atomic mass is 9.92. The van der Waals surface area contributed by atoms with Crippen LogP contribution in [0.2, 0.25) is 0 Å². The average molecular weight is 445 g/mol. The van der Waals surface area contributed by atoms with Gasteiger partial charge in [0, 0.05) is 9.77 Å². The van der Waals surface area contributed by atoms with Crippen LogP contribution in [0.1, 0.15) is 25.5 Å². The molecule has 25 heavy (non-hydrogen) atoms. The molecule has 3 rings (SSSR count). The lowest BCUT2D eigenvalue weighted by Crippen LogP contribution is -2.32. The van der Waals surface area contributed by atoms with E-state index in [0.29, 0.717) is 12.2 Å². The number of hydrogen-bond acceptors (Lipinski definition) is 3. The maximum absolute atomic E-state index is 12.6. The molecule has 2 aromatic rings. The fourth-order valence-electron chi connectivity index (χ4n) is 3.04. The predicted molar refractivity (Wildman–Crippen MR) is 109 cm³/mol. The molecule has 3 nitrogen and oxygen atoms in total. The van der Waals surface area contributed by atoms with E-state index < -0.39 is 0 Å². The van der Waals surface area contributed by atoms with E-state index in [-0.39, 0.29) is 12.0 Å². The van der Waals surface area contributed by atoms with Gasteiger partial charge in [-0.1, -0.05) is 42.5 Å². The molecule has 1 atom stereocenters. The van der Waals surface area contributed by atoms with E-state index in [2.05, 4.69) is 58.0 Å². The summed E-state index contributed by atoms with van der Waals surface area (Å²) in [4.78, 5) is 14.8. The van der Waals surface area contributed by atoms with Crippen molar-refractivity contribution in [3.05, 3.63) is 87.2 Å². The van der Waals surface area contributed by atoms with Gasteiger partial charge in [0.2, 0.25) is 0 Å². The molecule has 0 N–H and O–H groups in total. The summed E-state index contributed by atoms with van der Waals surface area (Å²) in [6, 6.07) is 18.1. The smallest absolute Gasteiger partial charge is 0.336 e. The standard InChI is InChI=1S/C21H20INO2/c1-3-25-21(24)17-13-15(2)14-23(19-12-8-7-11-18(19)22)20(17)16-9-5-4-6-10-16/h4-14,20H,3H2,1-2H3. The van der Waals surface area contributed by atoms with Gasteiger partial charge in [-0.05, 0) is 65.8 Å². The second-order valence-corrected chi connectivity index (χ2v) is 7.03. The van der Waals surface area contributed by atoms with E-state index in [1.807, 2.05) is 50.3 Å². The van der Waals surface area contributed by atoms with E-state index in [0.717, 1.165) is 20.4 Å². The Kier molecular flexibility index (Phi) is 5.58. The van der Waals surface area contributed by atoms with Crippen molar-refractivity contribution in [3.8, 4) is 0 Å². The highest BCUT2D eigenvalue weighted by Crippen LogP contribution is 2.39. The molecule has 1 aliphatic rings. The van der Waals surface area contributed by atoms with Gasteiger partial charge < -0.3 is 9.64 Å². The molecule has 0 saturated carbocycles. The maximum Gasteiger partial charge on any atom is 0.336 e. The van der Waals surface area contributed by atoms with E-state index in [1.54, 1.807) is 0 Å². The molecular formula is C21H20INO2. The molecule has 1 unspecified atom stereocenters. The summed E-state index contributed by atoms with van der Waals surface area (Å²) in [5.74, 6) is -0.264. The molecule has 0 saturated heterocycles. The number of anilines is 1. The molecule has 0 aliphatic carbocycles. The molecule has 128 valence electrons. The number of halogens is 1. The molecule has 0 aromatic heterocycles. The quantitative estimate of drug-likeness (QED) is 0.476. The Morgan fingerprint density at radius 2 is 1.80 bits per heavy atom. The van der Waals surface area contributed by atoms with Crippen molar-refractivity contribution in [2.24, 2.45) is 0 Å². The molecule has 4 heteroatoms. The van der Waals surface area contributed by atoms with Crippen molar-refractivity contribution in [2.45, 2.75) is 19.9 Å². The second-order valence-electron chi connectivity index (χ2n) is 5.87. The Morgan fingerprint density at radius 3 is 2.48 bits per heavy atom. The summed E-state index contributed by atoms with van der Waals surface area (Å²) >= 11 is 2.33. The zero-order chi connectivity index (χ0) is 17.8. The zero-order valence-corrected chi connectivity index (χ0v) is 16.4. The lowest BCUT2D eigenvalue weighted by Gasteiger charge is -2.36. The number of allylic oxidation sites excluding steroid dienone is 2. The fourth-order valence-corrected chi connectivity index (χ4v) is 3.70. The number of para-hydroxylation sites is 1. The van der Waals surface area contributed by atoms with Crippen LogP contribution in [0.5, 0.6) is 0 Å². The van der Waals surface area contributed by atoms with Gasteiger partial charge in [0.1, 0.15) is 0 Å².